The summed E-state index contributed by atoms with van der Waals surface area (Å²) in [5.74, 6) is -6.87. The van der Waals surface area contributed by atoms with E-state index in [1.807, 2.05) is 0 Å². The molecule has 9 heteroatoms. The van der Waals surface area contributed by atoms with Crippen LogP contribution in [-0.4, -0.2) is 47.0 Å². The highest BCUT2D eigenvalue weighted by Gasteiger charge is 2.58. The summed E-state index contributed by atoms with van der Waals surface area (Å²) in [6.45, 7) is 3.43. The normalized spacial score (nSPS) is 15.2. The van der Waals surface area contributed by atoms with Crippen molar-refractivity contribution in [2.24, 2.45) is 0 Å². The number of fused-ring (bicyclic) bond motifs is 1. The molecular formula is C16H15F3O6. The van der Waals surface area contributed by atoms with Crippen molar-refractivity contribution >= 4 is 11.6 Å². The smallest absolute Gasteiger partial charge is 0.447 e. The van der Waals surface area contributed by atoms with Gasteiger partial charge in [-0.05, 0) is 26.0 Å². The van der Waals surface area contributed by atoms with E-state index in [-0.39, 0.29) is 29.2 Å². The first-order chi connectivity index (χ1) is 11.4. The molecule has 0 unspecified atom stereocenters. The lowest BCUT2D eigenvalue weighted by Crippen LogP contribution is -2.50. The van der Waals surface area contributed by atoms with Gasteiger partial charge in [0.25, 0.3) is 5.79 Å². The summed E-state index contributed by atoms with van der Waals surface area (Å²) in [7, 11) is 1.15. The number of hydrogen-bond acceptors (Lipinski definition) is 6. The molecule has 0 aromatic heterocycles. The van der Waals surface area contributed by atoms with Crippen LogP contribution < -0.4 is 9.47 Å². The van der Waals surface area contributed by atoms with Gasteiger partial charge in [-0.3, -0.25) is 9.59 Å². The number of carbonyl (C=O) groups excluding carboxylic acids is 2. The van der Waals surface area contributed by atoms with Crippen LogP contribution in [0.3, 0.4) is 0 Å². The Morgan fingerprint density at radius 2 is 1.72 bits per heavy atom. The van der Waals surface area contributed by atoms with Crippen molar-refractivity contribution in [1.29, 1.82) is 0 Å². The average Bonchev–Trinajstić information content (AvgIpc) is 2.47. The minimum absolute atomic E-state index is 0.179. The van der Waals surface area contributed by atoms with E-state index in [1.54, 1.807) is 13.8 Å². The van der Waals surface area contributed by atoms with Crippen molar-refractivity contribution in [3.8, 4) is 11.5 Å². The maximum atomic E-state index is 12.8. The number of ether oxygens (including phenoxy) is 2. The van der Waals surface area contributed by atoms with Gasteiger partial charge in [-0.1, -0.05) is 0 Å². The van der Waals surface area contributed by atoms with Gasteiger partial charge in [0, 0.05) is 11.6 Å². The first kappa shape index (κ1) is 18.9. The van der Waals surface area contributed by atoms with Crippen molar-refractivity contribution in [3.63, 3.8) is 0 Å². The molecular weight excluding hydrogens is 345 g/mol. The predicted octanol–water partition coefficient (Wildman–Crippen LogP) is 2.03. The summed E-state index contributed by atoms with van der Waals surface area (Å²) in [6, 6.07) is 2.42. The Morgan fingerprint density at radius 3 is 2.20 bits per heavy atom. The van der Waals surface area contributed by atoms with Gasteiger partial charge in [-0.2, -0.15) is 13.2 Å². The van der Waals surface area contributed by atoms with Crippen LogP contribution in [0.25, 0.3) is 0 Å². The van der Waals surface area contributed by atoms with Gasteiger partial charge in [0.15, 0.2) is 11.6 Å². The van der Waals surface area contributed by atoms with E-state index in [2.05, 4.69) is 0 Å². The summed E-state index contributed by atoms with van der Waals surface area (Å²) in [5, 5.41) is 18.7. The van der Waals surface area contributed by atoms with Gasteiger partial charge >= 0.3 is 6.18 Å². The molecule has 2 N–H and O–H groups in total. The van der Waals surface area contributed by atoms with E-state index in [0.29, 0.717) is 0 Å². The maximum Gasteiger partial charge on any atom is 0.447 e. The van der Waals surface area contributed by atoms with Gasteiger partial charge < -0.3 is 19.7 Å². The molecule has 6 nitrogen and oxygen atoms in total. The second kappa shape index (κ2) is 6.16. The number of ketones is 2. The van der Waals surface area contributed by atoms with Crippen LogP contribution in [0.4, 0.5) is 13.2 Å². The molecule has 0 fully saturated rings. The highest BCUT2D eigenvalue weighted by molar-refractivity contribution is 6.26. The summed E-state index contributed by atoms with van der Waals surface area (Å²) in [6.07, 6.45) is -5.58. The molecule has 0 aliphatic heterocycles. The summed E-state index contributed by atoms with van der Waals surface area (Å²) >= 11 is 0. The molecule has 0 spiro atoms. The van der Waals surface area contributed by atoms with E-state index in [1.165, 1.54) is 12.1 Å². The average molecular weight is 360 g/mol. The molecule has 0 heterocycles. The molecule has 1 aliphatic carbocycles. The van der Waals surface area contributed by atoms with Crippen LogP contribution in [0.2, 0.25) is 0 Å². The predicted molar refractivity (Wildman–Crippen MR) is 78.7 cm³/mol. The van der Waals surface area contributed by atoms with Crippen LogP contribution in [0.1, 0.15) is 34.6 Å². The van der Waals surface area contributed by atoms with Crippen LogP contribution in [0.5, 0.6) is 11.5 Å². The molecule has 0 atom stereocenters. The molecule has 0 saturated heterocycles. The number of rotatable bonds is 4. The van der Waals surface area contributed by atoms with E-state index in [0.717, 1.165) is 7.11 Å². The number of aliphatic hydroxyl groups is 2. The van der Waals surface area contributed by atoms with Crippen molar-refractivity contribution in [1.82, 2.24) is 0 Å². The van der Waals surface area contributed by atoms with Gasteiger partial charge in [-0.15, -0.1) is 0 Å². The molecule has 0 amide bonds. The number of halogens is 3. The lowest BCUT2D eigenvalue weighted by molar-refractivity contribution is -0.327. The lowest BCUT2D eigenvalue weighted by atomic mass is 9.84. The number of Topliss-reactive ketones (excluding diaryl/α,β-unsaturated/α-hetero) is 1. The number of benzene rings is 1. The Balaban J connectivity index is 2.64. The first-order valence-electron chi connectivity index (χ1n) is 7.11. The molecule has 0 saturated carbocycles. The van der Waals surface area contributed by atoms with E-state index < -0.39 is 34.7 Å². The number of alkyl halides is 3. The molecule has 2 rings (SSSR count). The lowest BCUT2D eigenvalue weighted by Gasteiger charge is -2.29. The Bertz CT molecular complexity index is 762. The van der Waals surface area contributed by atoms with Gasteiger partial charge in [0.1, 0.15) is 11.5 Å². The Morgan fingerprint density at radius 1 is 1.12 bits per heavy atom. The van der Waals surface area contributed by atoms with Crippen molar-refractivity contribution in [3.05, 3.63) is 34.9 Å². The minimum atomic E-state index is -5.57. The second-order valence-electron chi connectivity index (χ2n) is 5.64. The summed E-state index contributed by atoms with van der Waals surface area (Å²) < 4.78 is 48.9. The van der Waals surface area contributed by atoms with Crippen molar-refractivity contribution < 1.29 is 42.4 Å². The molecule has 25 heavy (non-hydrogen) atoms. The van der Waals surface area contributed by atoms with Crippen LogP contribution in [0.15, 0.2) is 23.8 Å². The van der Waals surface area contributed by atoms with E-state index in [4.69, 9.17) is 9.47 Å². The fourth-order valence-corrected chi connectivity index (χ4v) is 2.34. The van der Waals surface area contributed by atoms with Gasteiger partial charge in [-0.25, -0.2) is 0 Å². The standard InChI is InChI=1S/C16H15F3O6/c1-7(2)25-8-4-9-11(20)6-10(15(22,23)16(17,18)19)14(21)13(9)12(5-8)24-3/h4-7,22-23H,1-3H3. The van der Waals surface area contributed by atoms with Crippen LogP contribution in [-0.2, 0) is 0 Å². The highest BCUT2D eigenvalue weighted by Crippen LogP contribution is 2.41. The summed E-state index contributed by atoms with van der Waals surface area (Å²) in [5.41, 5.74) is -2.23. The zero-order valence-corrected chi connectivity index (χ0v) is 13.5. The Hall–Kier alpha value is -2.39. The Labute approximate surface area is 140 Å². The zero-order valence-electron chi connectivity index (χ0n) is 13.5. The largest absolute Gasteiger partial charge is 0.496 e. The molecule has 0 radical (unpaired) electrons. The number of carbonyl (C=O) groups is 2. The molecule has 0 bridgehead atoms. The monoisotopic (exact) mass is 360 g/mol. The molecule has 1 aromatic rings. The zero-order chi connectivity index (χ0) is 19.2. The maximum absolute atomic E-state index is 12.8. The number of hydrogen-bond donors (Lipinski definition) is 2. The Kier molecular flexibility index (Phi) is 4.67. The third-order valence-electron chi connectivity index (χ3n) is 3.45. The molecule has 1 aliphatic rings. The van der Waals surface area contributed by atoms with Crippen molar-refractivity contribution in [2.45, 2.75) is 31.9 Å². The first-order valence-corrected chi connectivity index (χ1v) is 7.11. The van der Waals surface area contributed by atoms with E-state index >= 15 is 0 Å². The molecule has 136 valence electrons. The fourth-order valence-electron chi connectivity index (χ4n) is 2.34. The minimum Gasteiger partial charge on any atom is -0.496 e. The van der Waals surface area contributed by atoms with Crippen LogP contribution >= 0.6 is 0 Å². The van der Waals surface area contributed by atoms with Gasteiger partial charge in [0.05, 0.1) is 24.4 Å². The van der Waals surface area contributed by atoms with Gasteiger partial charge in [0.2, 0.25) is 0 Å². The second-order valence-corrected chi connectivity index (χ2v) is 5.64. The fraction of sp³-hybridized carbons (Fsp3) is 0.375. The topological polar surface area (TPSA) is 93.1 Å². The SMILES string of the molecule is COc1cc(OC(C)C)cc2c1C(=O)C(C(O)(O)C(F)(F)F)=CC2=O. The highest BCUT2D eigenvalue weighted by atomic mass is 19.4. The van der Waals surface area contributed by atoms with Crippen LogP contribution in [0, 0.1) is 0 Å². The van der Waals surface area contributed by atoms with Crippen molar-refractivity contribution in [2.75, 3.05) is 7.11 Å². The summed E-state index contributed by atoms with van der Waals surface area (Å²) in [4.78, 5) is 24.6. The quantitative estimate of drug-likeness (QED) is 0.798. The number of allylic oxidation sites excluding steroid dienone is 1. The third kappa shape index (κ3) is 3.24. The third-order valence-corrected chi connectivity index (χ3v) is 3.45. The molecule has 1 aromatic carbocycles. The number of methoxy groups -OCH3 is 1. The van der Waals surface area contributed by atoms with E-state index in [9.17, 15) is 33.0 Å².